The van der Waals surface area contributed by atoms with E-state index < -0.39 is 5.82 Å². The lowest BCUT2D eigenvalue weighted by atomic mass is 10.2. The second-order valence-electron chi connectivity index (χ2n) is 2.58. The van der Waals surface area contributed by atoms with Crippen LogP contribution in [0.15, 0.2) is 16.6 Å². The quantitative estimate of drug-likeness (QED) is 0.767. The van der Waals surface area contributed by atoms with Crippen molar-refractivity contribution in [3.8, 4) is 5.75 Å². The Morgan fingerprint density at radius 3 is 2.77 bits per heavy atom. The highest BCUT2D eigenvalue weighted by Crippen LogP contribution is 2.25. The Morgan fingerprint density at radius 2 is 2.15 bits per heavy atom. The molecule has 0 N–H and O–H groups in total. The summed E-state index contributed by atoms with van der Waals surface area (Å²) < 4.78 is 23.5. The Kier molecular flexibility index (Phi) is 3.69. The van der Waals surface area contributed by atoms with Crippen LogP contribution in [0, 0.1) is 12.7 Å². The first-order valence-corrected chi connectivity index (χ1v) is 4.52. The Hall–Kier alpha value is -0.610. The van der Waals surface area contributed by atoms with E-state index >= 15 is 0 Å². The van der Waals surface area contributed by atoms with E-state index in [4.69, 9.17) is 4.74 Å². The van der Waals surface area contributed by atoms with Crippen LogP contribution in [-0.2, 0) is 4.74 Å². The smallest absolute Gasteiger partial charge is 0.188 e. The summed E-state index contributed by atoms with van der Waals surface area (Å²) in [7, 11) is 1.49. The molecule has 0 aliphatic carbocycles. The third-order valence-corrected chi connectivity index (χ3v) is 2.40. The molecule has 0 saturated carbocycles. The largest absolute Gasteiger partial charge is 0.464 e. The van der Waals surface area contributed by atoms with Crippen molar-refractivity contribution in [2.24, 2.45) is 0 Å². The maximum Gasteiger partial charge on any atom is 0.188 e. The van der Waals surface area contributed by atoms with Crippen molar-refractivity contribution in [1.82, 2.24) is 0 Å². The Labute approximate surface area is 84.8 Å². The molecule has 0 saturated heterocycles. The number of halogens is 2. The molecule has 0 unspecified atom stereocenters. The monoisotopic (exact) mass is 248 g/mol. The van der Waals surface area contributed by atoms with Gasteiger partial charge in [0.05, 0.1) is 0 Å². The molecule has 1 aromatic carbocycles. The van der Waals surface area contributed by atoms with E-state index in [0.29, 0.717) is 0 Å². The minimum absolute atomic E-state index is 0.0536. The van der Waals surface area contributed by atoms with Gasteiger partial charge in [-0.3, -0.25) is 0 Å². The summed E-state index contributed by atoms with van der Waals surface area (Å²) in [6, 6.07) is 3.00. The highest BCUT2D eigenvalue weighted by Gasteiger charge is 2.06. The molecular weight excluding hydrogens is 239 g/mol. The average Bonchev–Trinajstić information content (AvgIpc) is 2.09. The highest BCUT2D eigenvalue weighted by molar-refractivity contribution is 9.10. The maximum atomic E-state index is 13.1. The molecular formula is C9H10BrFO2. The van der Waals surface area contributed by atoms with Crippen LogP contribution in [0.25, 0.3) is 0 Å². The Balaban J connectivity index is 2.88. The number of hydrogen-bond donors (Lipinski definition) is 0. The zero-order valence-corrected chi connectivity index (χ0v) is 9.02. The first-order valence-electron chi connectivity index (χ1n) is 3.72. The Bertz CT molecular complexity index is 302. The van der Waals surface area contributed by atoms with Gasteiger partial charge in [0.15, 0.2) is 18.4 Å². The van der Waals surface area contributed by atoms with Crippen LogP contribution in [0.3, 0.4) is 0 Å². The van der Waals surface area contributed by atoms with Crippen LogP contribution in [-0.4, -0.2) is 13.9 Å². The molecule has 0 aliphatic heterocycles. The minimum Gasteiger partial charge on any atom is -0.464 e. The van der Waals surface area contributed by atoms with Crippen molar-refractivity contribution >= 4 is 15.9 Å². The molecule has 72 valence electrons. The second kappa shape index (κ2) is 4.58. The van der Waals surface area contributed by atoms with E-state index in [9.17, 15) is 4.39 Å². The van der Waals surface area contributed by atoms with E-state index in [1.165, 1.54) is 13.2 Å². The first-order chi connectivity index (χ1) is 6.15. The lowest BCUT2D eigenvalue weighted by Gasteiger charge is -2.07. The van der Waals surface area contributed by atoms with Crippen LogP contribution in [0.4, 0.5) is 4.39 Å². The number of rotatable bonds is 3. The van der Waals surface area contributed by atoms with Gasteiger partial charge in [-0.25, -0.2) is 4.39 Å². The Morgan fingerprint density at radius 1 is 1.46 bits per heavy atom. The van der Waals surface area contributed by atoms with Crippen LogP contribution in [0.5, 0.6) is 5.75 Å². The van der Waals surface area contributed by atoms with Crippen molar-refractivity contribution in [1.29, 1.82) is 0 Å². The van der Waals surface area contributed by atoms with E-state index in [2.05, 4.69) is 20.7 Å². The standard InChI is InChI=1S/C9H10BrFO2/c1-6-3-9(13-5-12-2)8(11)4-7(6)10/h3-4H,5H2,1-2H3. The molecule has 2 nitrogen and oxygen atoms in total. The van der Waals surface area contributed by atoms with Gasteiger partial charge in [0.25, 0.3) is 0 Å². The van der Waals surface area contributed by atoms with E-state index in [0.717, 1.165) is 10.0 Å². The van der Waals surface area contributed by atoms with Gasteiger partial charge in [0.1, 0.15) is 0 Å². The number of hydrogen-bond acceptors (Lipinski definition) is 2. The molecule has 0 atom stereocenters. The van der Waals surface area contributed by atoms with Gasteiger partial charge in [-0.15, -0.1) is 0 Å². The fourth-order valence-electron chi connectivity index (χ4n) is 0.864. The zero-order valence-electron chi connectivity index (χ0n) is 7.43. The lowest BCUT2D eigenvalue weighted by Crippen LogP contribution is -2.01. The molecule has 0 aliphatic rings. The fourth-order valence-corrected chi connectivity index (χ4v) is 1.18. The maximum absolute atomic E-state index is 13.1. The summed E-state index contributed by atoms with van der Waals surface area (Å²) in [5.74, 6) is -0.183. The van der Waals surface area contributed by atoms with Gasteiger partial charge in [0, 0.05) is 11.6 Å². The van der Waals surface area contributed by atoms with Gasteiger partial charge in [-0.2, -0.15) is 0 Å². The number of aryl methyl sites for hydroxylation is 1. The third kappa shape index (κ3) is 2.67. The summed E-state index contributed by atoms with van der Waals surface area (Å²) in [5, 5.41) is 0. The summed E-state index contributed by atoms with van der Waals surface area (Å²) >= 11 is 3.22. The number of ether oxygens (including phenoxy) is 2. The second-order valence-corrected chi connectivity index (χ2v) is 3.44. The molecule has 0 spiro atoms. The molecule has 0 fully saturated rings. The molecule has 1 aromatic rings. The fraction of sp³-hybridized carbons (Fsp3) is 0.333. The van der Waals surface area contributed by atoms with Crippen molar-refractivity contribution in [3.63, 3.8) is 0 Å². The van der Waals surface area contributed by atoms with Crippen LogP contribution in [0.2, 0.25) is 0 Å². The van der Waals surface area contributed by atoms with Gasteiger partial charge < -0.3 is 9.47 Å². The SMILES string of the molecule is COCOc1cc(C)c(Br)cc1F. The highest BCUT2D eigenvalue weighted by atomic mass is 79.9. The van der Waals surface area contributed by atoms with Gasteiger partial charge in [0.2, 0.25) is 0 Å². The van der Waals surface area contributed by atoms with Gasteiger partial charge in [-0.1, -0.05) is 15.9 Å². The van der Waals surface area contributed by atoms with Gasteiger partial charge in [-0.05, 0) is 24.6 Å². The molecule has 0 bridgehead atoms. The predicted octanol–water partition coefficient (Wildman–Crippen LogP) is 2.88. The first kappa shape index (κ1) is 10.5. The van der Waals surface area contributed by atoms with Crippen molar-refractivity contribution in [3.05, 3.63) is 28.0 Å². The van der Waals surface area contributed by atoms with E-state index in [1.807, 2.05) is 6.92 Å². The van der Waals surface area contributed by atoms with Crippen molar-refractivity contribution < 1.29 is 13.9 Å². The van der Waals surface area contributed by atoms with Crippen LogP contribution < -0.4 is 4.74 Å². The zero-order chi connectivity index (χ0) is 9.84. The summed E-state index contributed by atoms with van der Waals surface area (Å²) in [4.78, 5) is 0. The third-order valence-electron chi connectivity index (χ3n) is 1.55. The summed E-state index contributed by atoms with van der Waals surface area (Å²) in [6.45, 7) is 1.92. The normalized spacial score (nSPS) is 10.2. The molecule has 0 amide bonds. The molecule has 1 rings (SSSR count). The molecule has 4 heteroatoms. The molecule has 13 heavy (non-hydrogen) atoms. The van der Waals surface area contributed by atoms with Crippen LogP contribution >= 0.6 is 15.9 Å². The molecule has 0 aromatic heterocycles. The van der Waals surface area contributed by atoms with Crippen molar-refractivity contribution in [2.75, 3.05) is 13.9 Å². The molecule has 0 heterocycles. The average molecular weight is 249 g/mol. The van der Waals surface area contributed by atoms with Crippen molar-refractivity contribution in [2.45, 2.75) is 6.92 Å². The summed E-state index contributed by atoms with van der Waals surface area (Å²) in [5.41, 5.74) is 0.924. The summed E-state index contributed by atoms with van der Waals surface area (Å²) in [6.07, 6.45) is 0. The predicted molar refractivity (Wildman–Crippen MR) is 51.3 cm³/mol. The van der Waals surface area contributed by atoms with E-state index in [-0.39, 0.29) is 12.5 Å². The number of methoxy groups -OCH3 is 1. The van der Waals surface area contributed by atoms with Crippen LogP contribution in [0.1, 0.15) is 5.56 Å². The number of benzene rings is 1. The van der Waals surface area contributed by atoms with Gasteiger partial charge >= 0.3 is 0 Å². The van der Waals surface area contributed by atoms with E-state index in [1.54, 1.807) is 6.07 Å². The lowest BCUT2D eigenvalue weighted by molar-refractivity contribution is 0.0482. The topological polar surface area (TPSA) is 18.5 Å². The molecule has 0 radical (unpaired) electrons. The minimum atomic E-state index is -0.394.